The van der Waals surface area contributed by atoms with Gasteiger partial charge in [0.2, 0.25) is 0 Å². The molecule has 0 saturated heterocycles. The minimum atomic E-state index is -0.551. The molecule has 142 valence electrons. The summed E-state index contributed by atoms with van der Waals surface area (Å²) in [5, 5.41) is 7.39. The van der Waals surface area contributed by atoms with Gasteiger partial charge in [0.15, 0.2) is 0 Å². The Labute approximate surface area is 160 Å². The van der Waals surface area contributed by atoms with Crippen molar-refractivity contribution in [2.45, 2.75) is 32.3 Å². The SMILES string of the molecule is CCOC(=O)Nc1ccc2c(CSCc3c(C)noc3C)cc(=O)oc2c1. The molecular weight excluding hydrogens is 368 g/mol. The van der Waals surface area contributed by atoms with Crippen molar-refractivity contribution in [3.05, 3.63) is 57.3 Å². The van der Waals surface area contributed by atoms with E-state index in [-0.39, 0.29) is 6.61 Å². The highest BCUT2D eigenvalue weighted by Crippen LogP contribution is 2.27. The zero-order chi connectivity index (χ0) is 19.4. The predicted molar refractivity (Wildman–Crippen MR) is 104 cm³/mol. The summed E-state index contributed by atoms with van der Waals surface area (Å²) in [7, 11) is 0. The second kappa shape index (κ2) is 8.30. The minimum Gasteiger partial charge on any atom is -0.450 e. The standard InChI is InChI=1S/C19H20N2O5S/c1-4-24-19(23)20-14-5-6-15-13(7-18(22)25-17(15)8-14)9-27-10-16-11(2)21-26-12(16)3/h5-8H,4,9-10H2,1-3H3,(H,20,23). The highest BCUT2D eigenvalue weighted by molar-refractivity contribution is 7.97. The van der Waals surface area contributed by atoms with Crippen LogP contribution in [0.1, 0.15) is 29.5 Å². The van der Waals surface area contributed by atoms with Gasteiger partial charge in [0.05, 0.1) is 12.3 Å². The van der Waals surface area contributed by atoms with Crippen molar-refractivity contribution < 1.29 is 18.5 Å². The van der Waals surface area contributed by atoms with E-state index in [2.05, 4.69) is 10.5 Å². The van der Waals surface area contributed by atoms with Crippen LogP contribution in [0.4, 0.5) is 10.5 Å². The van der Waals surface area contributed by atoms with Crippen molar-refractivity contribution in [3.8, 4) is 0 Å². The Morgan fingerprint density at radius 1 is 1.26 bits per heavy atom. The first-order chi connectivity index (χ1) is 13.0. The van der Waals surface area contributed by atoms with Gasteiger partial charge >= 0.3 is 11.7 Å². The van der Waals surface area contributed by atoms with Gasteiger partial charge in [0.25, 0.3) is 0 Å². The summed E-state index contributed by atoms with van der Waals surface area (Å²) in [6, 6.07) is 6.70. The molecule has 7 nitrogen and oxygen atoms in total. The fraction of sp³-hybridized carbons (Fsp3) is 0.316. The van der Waals surface area contributed by atoms with Crippen LogP contribution in [-0.2, 0) is 16.2 Å². The van der Waals surface area contributed by atoms with Gasteiger partial charge in [-0.3, -0.25) is 5.32 Å². The van der Waals surface area contributed by atoms with Crippen LogP contribution in [0, 0.1) is 13.8 Å². The number of hydrogen-bond donors (Lipinski definition) is 1. The van der Waals surface area contributed by atoms with Crippen molar-refractivity contribution in [2.24, 2.45) is 0 Å². The first-order valence-electron chi connectivity index (χ1n) is 8.48. The average molecular weight is 388 g/mol. The summed E-state index contributed by atoms with van der Waals surface area (Å²) in [4.78, 5) is 23.5. The molecule has 8 heteroatoms. The maximum absolute atomic E-state index is 11.9. The fourth-order valence-electron chi connectivity index (χ4n) is 2.68. The van der Waals surface area contributed by atoms with Crippen molar-refractivity contribution in [3.63, 3.8) is 0 Å². The molecule has 2 heterocycles. The Kier molecular flexibility index (Phi) is 5.85. The number of carbonyl (C=O) groups is 1. The quantitative estimate of drug-likeness (QED) is 0.625. The number of amides is 1. The van der Waals surface area contributed by atoms with E-state index in [4.69, 9.17) is 13.7 Å². The van der Waals surface area contributed by atoms with Crippen molar-refractivity contribution in [1.82, 2.24) is 5.16 Å². The first-order valence-corrected chi connectivity index (χ1v) is 9.63. The van der Waals surface area contributed by atoms with E-state index < -0.39 is 11.7 Å². The van der Waals surface area contributed by atoms with Gasteiger partial charge in [-0.25, -0.2) is 9.59 Å². The molecule has 2 aromatic heterocycles. The largest absolute Gasteiger partial charge is 0.450 e. The van der Waals surface area contributed by atoms with Crippen molar-refractivity contribution >= 4 is 34.5 Å². The van der Waals surface area contributed by atoms with Crippen LogP contribution in [0.2, 0.25) is 0 Å². The molecule has 0 bridgehead atoms. The number of aromatic nitrogens is 1. The number of benzene rings is 1. The Bertz CT molecular complexity index is 1010. The summed E-state index contributed by atoms with van der Waals surface area (Å²) in [6.45, 7) is 5.81. The lowest BCUT2D eigenvalue weighted by Gasteiger charge is -2.08. The minimum absolute atomic E-state index is 0.279. The van der Waals surface area contributed by atoms with E-state index in [0.29, 0.717) is 17.0 Å². The molecule has 1 N–H and O–H groups in total. The van der Waals surface area contributed by atoms with Crippen LogP contribution < -0.4 is 10.9 Å². The third-order valence-corrected chi connectivity index (χ3v) is 5.05. The molecule has 27 heavy (non-hydrogen) atoms. The van der Waals surface area contributed by atoms with E-state index in [1.165, 1.54) is 6.07 Å². The maximum Gasteiger partial charge on any atom is 0.411 e. The smallest absolute Gasteiger partial charge is 0.411 e. The summed E-state index contributed by atoms with van der Waals surface area (Å²) in [5.41, 5.74) is 3.33. The summed E-state index contributed by atoms with van der Waals surface area (Å²) in [6.07, 6.45) is -0.551. The first kappa shape index (κ1) is 19.0. The second-order valence-corrected chi connectivity index (χ2v) is 6.93. The number of hydrogen-bond acceptors (Lipinski definition) is 7. The second-order valence-electron chi connectivity index (χ2n) is 5.94. The Balaban J connectivity index is 1.79. The highest BCUT2D eigenvalue weighted by Gasteiger charge is 2.11. The summed E-state index contributed by atoms with van der Waals surface area (Å²) < 4.78 is 15.3. The normalized spacial score (nSPS) is 10.9. The average Bonchev–Trinajstić information content (AvgIpc) is 2.93. The van der Waals surface area contributed by atoms with E-state index in [0.717, 1.165) is 33.7 Å². The molecule has 0 aliphatic rings. The zero-order valence-electron chi connectivity index (χ0n) is 15.3. The maximum atomic E-state index is 11.9. The van der Waals surface area contributed by atoms with E-state index >= 15 is 0 Å². The van der Waals surface area contributed by atoms with Crippen LogP contribution in [0.3, 0.4) is 0 Å². The van der Waals surface area contributed by atoms with E-state index in [1.807, 2.05) is 19.9 Å². The number of thioether (sulfide) groups is 1. The van der Waals surface area contributed by atoms with Crippen molar-refractivity contribution in [2.75, 3.05) is 11.9 Å². The Morgan fingerprint density at radius 2 is 2.07 bits per heavy atom. The molecule has 0 spiro atoms. The lowest BCUT2D eigenvalue weighted by molar-refractivity contribution is 0.168. The number of fused-ring (bicyclic) bond motifs is 1. The van der Waals surface area contributed by atoms with Gasteiger partial charge in [0.1, 0.15) is 11.3 Å². The molecule has 0 radical (unpaired) electrons. The molecular formula is C19H20N2O5S. The number of anilines is 1. The molecule has 3 rings (SSSR count). The molecule has 1 aromatic carbocycles. The van der Waals surface area contributed by atoms with Crippen LogP contribution >= 0.6 is 11.8 Å². The fourth-order valence-corrected chi connectivity index (χ4v) is 3.86. The topological polar surface area (TPSA) is 94.6 Å². The molecule has 3 aromatic rings. The summed E-state index contributed by atoms with van der Waals surface area (Å²) >= 11 is 1.67. The molecule has 0 saturated carbocycles. The molecule has 0 aliphatic heterocycles. The molecule has 0 unspecified atom stereocenters. The van der Waals surface area contributed by atoms with Crippen LogP contribution in [0.5, 0.6) is 0 Å². The number of carbonyl (C=O) groups excluding carboxylic acids is 1. The predicted octanol–water partition coefficient (Wildman–Crippen LogP) is 4.40. The van der Waals surface area contributed by atoms with Crippen LogP contribution in [0.25, 0.3) is 11.0 Å². The van der Waals surface area contributed by atoms with Gasteiger partial charge in [0, 0.05) is 40.3 Å². The van der Waals surface area contributed by atoms with Gasteiger partial charge in [-0.2, -0.15) is 11.8 Å². The monoisotopic (exact) mass is 388 g/mol. The number of nitrogens with one attached hydrogen (secondary N) is 1. The molecule has 0 fully saturated rings. The number of aryl methyl sites for hydroxylation is 2. The lowest BCUT2D eigenvalue weighted by Crippen LogP contribution is -2.13. The van der Waals surface area contributed by atoms with Gasteiger partial charge in [-0.05, 0) is 38.5 Å². The van der Waals surface area contributed by atoms with Gasteiger partial charge < -0.3 is 13.7 Å². The molecule has 1 amide bonds. The molecule has 0 aliphatic carbocycles. The molecule has 0 atom stereocenters. The zero-order valence-corrected chi connectivity index (χ0v) is 16.1. The Hall–Kier alpha value is -2.74. The van der Waals surface area contributed by atoms with Gasteiger partial charge in [-0.15, -0.1) is 0 Å². The van der Waals surface area contributed by atoms with E-state index in [9.17, 15) is 9.59 Å². The number of rotatable bonds is 6. The third-order valence-electron chi connectivity index (χ3n) is 4.04. The van der Waals surface area contributed by atoms with Crippen LogP contribution in [-0.4, -0.2) is 17.9 Å². The number of nitrogens with zero attached hydrogens (tertiary/aromatic N) is 1. The van der Waals surface area contributed by atoms with E-state index in [1.54, 1.807) is 30.8 Å². The van der Waals surface area contributed by atoms with Gasteiger partial charge in [-0.1, -0.05) is 5.16 Å². The summed E-state index contributed by atoms with van der Waals surface area (Å²) in [5.74, 6) is 2.19. The lowest BCUT2D eigenvalue weighted by atomic mass is 10.1. The van der Waals surface area contributed by atoms with Crippen LogP contribution in [0.15, 0.2) is 38.0 Å². The van der Waals surface area contributed by atoms with Crippen molar-refractivity contribution in [1.29, 1.82) is 0 Å². The highest BCUT2D eigenvalue weighted by atomic mass is 32.2. The third kappa shape index (κ3) is 4.51. The Morgan fingerprint density at radius 3 is 2.78 bits per heavy atom. The number of ether oxygens (including phenoxy) is 1.